The molecule has 1 fully saturated rings. The Balaban J connectivity index is 1.21. The molecule has 7 nitrogen and oxygen atoms in total. The number of nitrogens with one attached hydrogen (secondary N) is 1. The van der Waals surface area contributed by atoms with Crippen LogP contribution < -0.4 is 5.32 Å². The summed E-state index contributed by atoms with van der Waals surface area (Å²) in [6, 6.07) is 14.1. The van der Waals surface area contributed by atoms with E-state index in [1.165, 1.54) is 17.0 Å². The lowest BCUT2D eigenvalue weighted by Gasteiger charge is -2.39. The second-order valence-corrected chi connectivity index (χ2v) is 10.5. The van der Waals surface area contributed by atoms with E-state index < -0.39 is 24.0 Å². The predicted molar refractivity (Wildman–Crippen MR) is 148 cm³/mol. The van der Waals surface area contributed by atoms with E-state index in [0.717, 1.165) is 46.7 Å². The number of hydrogen-bond donors (Lipinski definition) is 3. The minimum Gasteiger partial charge on any atom is -0.380 e. The Morgan fingerprint density at radius 2 is 1.51 bits per heavy atom. The Hall–Kier alpha value is -3.20. The van der Waals surface area contributed by atoms with Crippen molar-refractivity contribution in [1.29, 1.82) is 0 Å². The Bertz CT molecular complexity index is 1210. The van der Waals surface area contributed by atoms with Crippen molar-refractivity contribution >= 4 is 23.4 Å². The number of aryl methyl sites for hydroxylation is 2. The van der Waals surface area contributed by atoms with Crippen LogP contribution in [0.5, 0.6) is 0 Å². The number of halogens is 2. The molecule has 0 radical (unpaired) electrons. The first kappa shape index (κ1) is 28.8. The van der Waals surface area contributed by atoms with E-state index in [1.54, 1.807) is 12.1 Å². The van der Waals surface area contributed by atoms with Crippen molar-refractivity contribution in [1.82, 2.24) is 15.1 Å². The lowest BCUT2D eigenvalue weighted by molar-refractivity contribution is -0.154. The summed E-state index contributed by atoms with van der Waals surface area (Å²) in [6.45, 7) is 4.02. The van der Waals surface area contributed by atoms with Crippen molar-refractivity contribution < 1.29 is 24.2 Å². The molecule has 2 aliphatic rings. The standard InChI is InChI=1S/C30H35ClFN3O4/c1-20-3-2-4-25(26(20)31)34-15-17-35(18-16-34)30(39)28(37)27(36)29(38)33-19-23-9-7-21(8-10-23)5-6-22-11-13-24(32)14-12-22/h2,4,7-14,20,27-28,36-37H,3,5-6,15-19H2,1H3,(H,33,38)/t20?,27-,28-/m1/s1. The summed E-state index contributed by atoms with van der Waals surface area (Å²) in [5.74, 6) is -1.48. The smallest absolute Gasteiger partial charge is 0.254 e. The van der Waals surface area contributed by atoms with Crippen LogP contribution >= 0.6 is 11.6 Å². The predicted octanol–water partition coefficient (Wildman–Crippen LogP) is 3.14. The molecular weight excluding hydrogens is 521 g/mol. The van der Waals surface area contributed by atoms with Gasteiger partial charge >= 0.3 is 0 Å². The van der Waals surface area contributed by atoms with E-state index in [0.29, 0.717) is 26.2 Å². The summed E-state index contributed by atoms with van der Waals surface area (Å²) in [5, 5.41) is 24.2. The number of piperazine rings is 1. The van der Waals surface area contributed by atoms with Gasteiger partial charge in [-0.3, -0.25) is 9.59 Å². The van der Waals surface area contributed by atoms with Crippen molar-refractivity contribution in [2.75, 3.05) is 26.2 Å². The van der Waals surface area contributed by atoms with Gasteiger partial charge in [-0.1, -0.05) is 61.0 Å². The summed E-state index contributed by atoms with van der Waals surface area (Å²) in [6.07, 6.45) is 2.85. The molecule has 1 heterocycles. The van der Waals surface area contributed by atoms with Crippen LogP contribution in [0.15, 0.2) is 71.4 Å². The van der Waals surface area contributed by atoms with Crippen LogP contribution in [-0.4, -0.2) is 70.2 Å². The quantitative estimate of drug-likeness (QED) is 0.442. The van der Waals surface area contributed by atoms with Crippen LogP contribution in [0, 0.1) is 11.7 Å². The summed E-state index contributed by atoms with van der Waals surface area (Å²) >= 11 is 6.49. The highest BCUT2D eigenvalue weighted by Gasteiger charge is 2.35. The molecule has 1 saturated heterocycles. The third kappa shape index (κ3) is 7.47. The summed E-state index contributed by atoms with van der Waals surface area (Å²) in [5.41, 5.74) is 3.93. The van der Waals surface area contributed by atoms with Gasteiger partial charge in [0, 0.05) is 37.8 Å². The maximum atomic E-state index is 13.0. The van der Waals surface area contributed by atoms with E-state index in [4.69, 9.17) is 11.6 Å². The summed E-state index contributed by atoms with van der Waals surface area (Å²) < 4.78 is 13.0. The van der Waals surface area contributed by atoms with Gasteiger partial charge in [-0.05, 0) is 60.1 Å². The number of carbonyl (C=O) groups excluding carboxylic acids is 2. The normalized spacial score (nSPS) is 19.2. The SMILES string of the molecule is CC1CC=CC(N2CCN(C(=O)[C@H](O)[C@@H](O)C(=O)NCc3ccc(CCc4ccc(F)cc4)cc3)CC2)=C1Cl. The number of aliphatic hydroxyl groups excluding tert-OH is 2. The van der Waals surface area contributed by atoms with Crippen molar-refractivity contribution in [3.05, 3.63) is 93.9 Å². The van der Waals surface area contributed by atoms with Crippen molar-refractivity contribution in [3.8, 4) is 0 Å². The molecular formula is C30H35ClFN3O4. The van der Waals surface area contributed by atoms with Gasteiger partial charge in [0.1, 0.15) is 5.82 Å². The molecule has 208 valence electrons. The molecule has 2 amide bonds. The van der Waals surface area contributed by atoms with E-state index >= 15 is 0 Å². The number of carbonyl (C=O) groups is 2. The molecule has 2 aromatic carbocycles. The zero-order valence-corrected chi connectivity index (χ0v) is 22.8. The van der Waals surface area contributed by atoms with E-state index in [2.05, 4.69) is 23.2 Å². The van der Waals surface area contributed by atoms with Crippen LogP contribution in [0.1, 0.15) is 30.0 Å². The second kappa shape index (κ2) is 13.2. The lowest BCUT2D eigenvalue weighted by Crippen LogP contribution is -2.55. The first-order valence-electron chi connectivity index (χ1n) is 13.3. The number of allylic oxidation sites excluding steroid dienone is 3. The van der Waals surface area contributed by atoms with Crippen LogP contribution in [0.3, 0.4) is 0 Å². The van der Waals surface area contributed by atoms with Gasteiger partial charge in [0.2, 0.25) is 0 Å². The van der Waals surface area contributed by atoms with Crippen LogP contribution in [0.4, 0.5) is 4.39 Å². The molecule has 1 unspecified atom stereocenters. The van der Waals surface area contributed by atoms with Gasteiger partial charge in [-0.15, -0.1) is 0 Å². The van der Waals surface area contributed by atoms with Crippen molar-refractivity contribution in [2.24, 2.45) is 5.92 Å². The number of amides is 2. The molecule has 39 heavy (non-hydrogen) atoms. The zero-order chi connectivity index (χ0) is 27.9. The molecule has 1 aliphatic heterocycles. The van der Waals surface area contributed by atoms with E-state index in [9.17, 15) is 24.2 Å². The molecule has 0 aromatic heterocycles. The molecule has 0 saturated carbocycles. The molecule has 0 bridgehead atoms. The first-order chi connectivity index (χ1) is 18.7. The Morgan fingerprint density at radius 3 is 2.13 bits per heavy atom. The number of aliphatic hydroxyl groups is 2. The van der Waals surface area contributed by atoms with Gasteiger partial charge in [-0.25, -0.2) is 4.39 Å². The van der Waals surface area contributed by atoms with E-state index in [1.807, 2.05) is 30.3 Å². The largest absolute Gasteiger partial charge is 0.380 e. The maximum Gasteiger partial charge on any atom is 0.254 e. The van der Waals surface area contributed by atoms with Gasteiger partial charge in [0.25, 0.3) is 11.8 Å². The monoisotopic (exact) mass is 555 g/mol. The summed E-state index contributed by atoms with van der Waals surface area (Å²) in [4.78, 5) is 28.8. The number of benzene rings is 2. The zero-order valence-electron chi connectivity index (χ0n) is 22.0. The fourth-order valence-corrected chi connectivity index (χ4v) is 5.04. The molecule has 0 spiro atoms. The highest BCUT2D eigenvalue weighted by atomic mass is 35.5. The molecule has 9 heteroatoms. The van der Waals surface area contributed by atoms with Gasteiger partial charge in [0.15, 0.2) is 12.2 Å². The minimum atomic E-state index is -1.87. The summed E-state index contributed by atoms with van der Waals surface area (Å²) in [7, 11) is 0. The number of rotatable bonds is 9. The Labute approximate surface area is 233 Å². The molecule has 4 rings (SSSR count). The minimum absolute atomic E-state index is 0.148. The van der Waals surface area contributed by atoms with Gasteiger partial charge < -0.3 is 25.3 Å². The molecule has 3 atom stereocenters. The highest BCUT2D eigenvalue weighted by molar-refractivity contribution is 6.30. The number of nitrogens with zero attached hydrogens (tertiary/aromatic N) is 2. The van der Waals surface area contributed by atoms with Crippen molar-refractivity contribution in [3.63, 3.8) is 0 Å². The average molecular weight is 556 g/mol. The molecule has 1 aliphatic carbocycles. The third-order valence-corrected chi connectivity index (χ3v) is 7.87. The molecule has 3 N–H and O–H groups in total. The fraction of sp³-hybridized carbons (Fsp3) is 0.400. The van der Waals surface area contributed by atoms with Crippen LogP contribution in [0.2, 0.25) is 0 Å². The molecule has 2 aromatic rings. The van der Waals surface area contributed by atoms with Gasteiger partial charge in [-0.2, -0.15) is 0 Å². The van der Waals surface area contributed by atoms with Crippen molar-refractivity contribution in [2.45, 2.75) is 44.9 Å². The second-order valence-electron chi connectivity index (χ2n) is 10.1. The Morgan fingerprint density at radius 1 is 0.949 bits per heavy atom. The highest BCUT2D eigenvalue weighted by Crippen LogP contribution is 2.30. The maximum absolute atomic E-state index is 13.0. The van der Waals surface area contributed by atoms with E-state index in [-0.39, 0.29) is 18.3 Å². The first-order valence-corrected chi connectivity index (χ1v) is 13.7. The van der Waals surface area contributed by atoms with Gasteiger partial charge in [0.05, 0.1) is 5.70 Å². The van der Waals surface area contributed by atoms with Crippen LogP contribution in [0.25, 0.3) is 0 Å². The number of hydrogen-bond acceptors (Lipinski definition) is 5. The average Bonchev–Trinajstić information content (AvgIpc) is 2.96. The Kier molecular flexibility index (Phi) is 9.78. The third-order valence-electron chi connectivity index (χ3n) is 7.30. The van der Waals surface area contributed by atoms with Crippen LogP contribution in [-0.2, 0) is 29.0 Å². The topological polar surface area (TPSA) is 93.1 Å². The fourth-order valence-electron chi connectivity index (χ4n) is 4.77. The lowest BCUT2D eigenvalue weighted by atomic mass is 10.00.